The molecule has 1 aliphatic carbocycles. The van der Waals surface area contributed by atoms with E-state index in [1.165, 1.54) is 12.4 Å². The van der Waals surface area contributed by atoms with Crippen LogP contribution < -0.4 is 20.9 Å². The van der Waals surface area contributed by atoms with Crippen LogP contribution >= 0.6 is 0 Å². The predicted molar refractivity (Wildman–Crippen MR) is 125 cm³/mol. The Kier molecular flexibility index (Phi) is 6.03. The van der Waals surface area contributed by atoms with Crippen LogP contribution in [0, 0.1) is 0 Å². The molecule has 0 radical (unpaired) electrons. The van der Waals surface area contributed by atoms with E-state index in [-0.39, 0.29) is 23.5 Å². The zero-order valence-corrected chi connectivity index (χ0v) is 18.1. The third kappa shape index (κ3) is 4.80. The van der Waals surface area contributed by atoms with Crippen LogP contribution in [-0.4, -0.2) is 38.2 Å². The molecule has 0 bridgehead atoms. The summed E-state index contributed by atoms with van der Waals surface area (Å²) in [4.78, 5) is 24.9. The van der Waals surface area contributed by atoms with Gasteiger partial charge in [0.15, 0.2) is 0 Å². The van der Waals surface area contributed by atoms with Gasteiger partial charge in [-0.25, -0.2) is 15.0 Å². The van der Waals surface area contributed by atoms with Crippen molar-refractivity contribution in [3.05, 3.63) is 77.5 Å². The summed E-state index contributed by atoms with van der Waals surface area (Å²) in [7, 11) is 0. The molecule has 174 valence electrons. The number of rotatable bonds is 7. The fraction of sp³-hybridized carbons (Fsp3) is 0.250. The maximum Gasteiger partial charge on any atom is 0.388 e. The topological polar surface area (TPSA) is 94.0 Å². The minimum Gasteiger partial charge on any atom is -0.415 e. The van der Waals surface area contributed by atoms with Gasteiger partial charge in [0.1, 0.15) is 11.6 Å². The van der Waals surface area contributed by atoms with Gasteiger partial charge < -0.3 is 15.4 Å². The Hall–Kier alpha value is -4.08. The first-order valence-corrected chi connectivity index (χ1v) is 10.9. The van der Waals surface area contributed by atoms with E-state index in [9.17, 15) is 13.6 Å². The quantitative estimate of drug-likeness (QED) is 0.423. The Morgan fingerprint density at radius 3 is 2.35 bits per heavy atom. The van der Waals surface area contributed by atoms with Gasteiger partial charge in [0, 0.05) is 18.2 Å². The van der Waals surface area contributed by atoms with E-state index in [1.807, 2.05) is 42.5 Å². The number of alkyl halides is 2. The van der Waals surface area contributed by atoms with Crippen LogP contribution in [0.25, 0.3) is 16.6 Å². The lowest BCUT2D eigenvalue weighted by molar-refractivity contribution is -0.0530. The number of hydrogen-bond acceptors (Lipinski definition) is 7. The zero-order valence-electron chi connectivity index (χ0n) is 18.1. The van der Waals surface area contributed by atoms with Gasteiger partial charge in [-0.15, -0.1) is 0 Å². The molecule has 2 atom stereocenters. The van der Waals surface area contributed by atoms with Crippen molar-refractivity contribution in [3.63, 3.8) is 0 Å². The number of nitrogens with one attached hydrogen (secondary N) is 2. The fourth-order valence-corrected chi connectivity index (χ4v) is 4.26. The molecule has 1 fully saturated rings. The number of halogens is 2. The van der Waals surface area contributed by atoms with Crippen molar-refractivity contribution < 1.29 is 13.5 Å². The highest BCUT2D eigenvalue weighted by molar-refractivity contribution is 5.80. The molecule has 0 amide bonds. The van der Waals surface area contributed by atoms with Crippen molar-refractivity contribution in [1.29, 1.82) is 0 Å². The van der Waals surface area contributed by atoms with E-state index in [0.29, 0.717) is 11.5 Å². The van der Waals surface area contributed by atoms with Crippen LogP contribution in [0.3, 0.4) is 0 Å². The molecular formula is C24H22F2N6O2. The lowest BCUT2D eigenvalue weighted by Crippen LogP contribution is -2.22. The summed E-state index contributed by atoms with van der Waals surface area (Å²) < 4.78 is 30.3. The van der Waals surface area contributed by atoms with E-state index in [0.717, 1.165) is 36.0 Å². The van der Waals surface area contributed by atoms with Crippen LogP contribution in [0.4, 0.5) is 20.4 Å². The van der Waals surface area contributed by atoms with Gasteiger partial charge in [0.25, 0.3) is 5.56 Å². The molecule has 1 aromatic carbocycles. The van der Waals surface area contributed by atoms with E-state index in [2.05, 4.69) is 30.3 Å². The average Bonchev–Trinajstić information content (AvgIpc) is 3.27. The first-order chi connectivity index (χ1) is 16.5. The highest BCUT2D eigenvalue weighted by Crippen LogP contribution is 2.25. The highest BCUT2D eigenvalue weighted by Gasteiger charge is 2.25. The Balaban J connectivity index is 1.21. The minimum atomic E-state index is -2.93. The summed E-state index contributed by atoms with van der Waals surface area (Å²) >= 11 is 0. The van der Waals surface area contributed by atoms with Crippen LogP contribution in [0.1, 0.15) is 19.3 Å². The van der Waals surface area contributed by atoms with Crippen molar-refractivity contribution in [2.24, 2.45) is 0 Å². The SMILES string of the molecule is O=c1ccc2ccccc2n1-c1ccc(N[C@H]2CC[C@H](Nc3cnc(OC(F)F)cn3)C2)nc1. The minimum absolute atomic E-state index is 0.109. The lowest BCUT2D eigenvalue weighted by atomic mass is 10.2. The van der Waals surface area contributed by atoms with Crippen molar-refractivity contribution in [1.82, 2.24) is 19.5 Å². The molecular weight excluding hydrogens is 442 g/mol. The molecule has 3 heterocycles. The van der Waals surface area contributed by atoms with E-state index >= 15 is 0 Å². The molecule has 34 heavy (non-hydrogen) atoms. The summed E-state index contributed by atoms with van der Waals surface area (Å²) in [5, 5.41) is 7.70. The zero-order chi connectivity index (χ0) is 23.5. The number of para-hydroxylation sites is 1. The van der Waals surface area contributed by atoms with Gasteiger partial charge >= 0.3 is 6.61 Å². The van der Waals surface area contributed by atoms with Crippen molar-refractivity contribution in [2.75, 3.05) is 10.6 Å². The molecule has 3 aromatic heterocycles. The Labute approximate surface area is 193 Å². The monoisotopic (exact) mass is 464 g/mol. The highest BCUT2D eigenvalue weighted by atomic mass is 19.3. The fourth-order valence-electron chi connectivity index (χ4n) is 4.26. The number of nitrogens with zero attached hydrogens (tertiary/aromatic N) is 4. The van der Waals surface area contributed by atoms with Gasteiger partial charge in [-0.2, -0.15) is 8.78 Å². The largest absolute Gasteiger partial charge is 0.415 e. The molecule has 0 spiro atoms. The average molecular weight is 464 g/mol. The third-order valence-corrected chi connectivity index (χ3v) is 5.78. The maximum atomic E-state index is 12.5. The first kappa shape index (κ1) is 21.7. The second-order valence-electron chi connectivity index (χ2n) is 8.08. The molecule has 0 aliphatic heterocycles. The van der Waals surface area contributed by atoms with E-state index in [4.69, 9.17) is 0 Å². The van der Waals surface area contributed by atoms with Crippen LogP contribution in [0.5, 0.6) is 5.88 Å². The van der Waals surface area contributed by atoms with Crippen molar-refractivity contribution >= 4 is 22.5 Å². The third-order valence-electron chi connectivity index (χ3n) is 5.78. The van der Waals surface area contributed by atoms with Gasteiger partial charge in [0.2, 0.25) is 5.88 Å². The van der Waals surface area contributed by atoms with Crippen LogP contribution in [-0.2, 0) is 0 Å². The number of aromatic nitrogens is 4. The normalized spacial score (nSPS) is 17.7. The Morgan fingerprint density at radius 1 is 0.882 bits per heavy atom. The lowest BCUT2D eigenvalue weighted by Gasteiger charge is -2.16. The smallest absolute Gasteiger partial charge is 0.388 e. The predicted octanol–water partition coefficient (Wildman–Crippen LogP) is 4.22. The van der Waals surface area contributed by atoms with Crippen molar-refractivity contribution in [2.45, 2.75) is 38.0 Å². The second kappa shape index (κ2) is 9.42. The van der Waals surface area contributed by atoms with E-state index < -0.39 is 6.61 Å². The van der Waals surface area contributed by atoms with E-state index in [1.54, 1.807) is 16.8 Å². The standard InChI is InChI=1S/C24H22F2N6O2/c25-24(26)34-22-14-28-21(13-29-22)31-17-7-6-16(11-17)30-20-9-8-18(12-27-20)32-19-4-2-1-3-15(19)5-10-23(32)33/h1-5,8-10,12-14,16-17,24H,6-7,11H2,(H,27,30)(H,28,31)/t16-,17-/m0/s1. The molecule has 4 aromatic rings. The summed E-state index contributed by atoms with van der Waals surface area (Å²) in [6.45, 7) is -2.93. The summed E-state index contributed by atoms with van der Waals surface area (Å²) in [5.74, 6) is 1.03. The number of benzene rings is 1. The molecule has 0 saturated heterocycles. The maximum absolute atomic E-state index is 12.5. The number of ether oxygens (including phenoxy) is 1. The Morgan fingerprint density at radius 2 is 1.65 bits per heavy atom. The van der Waals surface area contributed by atoms with Gasteiger partial charge in [-0.1, -0.05) is 18.2 Å². The summed E-state index contributed by atoms with van der Waals surface area (Å²) in [6, 6.07) is 15.2. The van der Waals surface area contributed by atoms with Gasteiger partial charge in [-0.05, 0) is 48.9 Å². The van der Waals surface area contributed by atoms with Crippen LogP contribution in [0.2, 0.25) is 0 Å². The van der Waals surface area contributed by atoms with Crippen LogP contribution in [0.15, 0.2) is 71.9 Å². The molecule has 0 unspecified atom stereocenters. The molecule has 5 rings (SSSR count). The van der Waals surface area contributed by atoms with Gasteiger partial charge in [0.05, 0.1) is 29.8 Å². The Bertz CT molecular complexity index is 1330. The second-order valence-corrected chi connectivity index (χ2v) is 8.08. The molecule has 1 saturated carbocycles. The molecule has 10 heteroatoms. The molecule has 8 nitrogen and oxygen atoms in total. The summed E-state index contributed by atoms with van der Waals surface area (Å²) in [6.07, 6.45) is 6.94. The van der Waals surface area contributed by atoms with Crippen molar-refractivity contribution in [3.8, 4) is 11.6 Å². The molecule has 1 aliphatic rings. The number of fused-ring (bicyclic) bond motifs is 1. The summed E-state index contributed by atoms with van der Waals surface area (Å²) in [5.41, 5.74) is 1.43. The number of anilines is 2. The number of hydrogen-bond donors (Lipinski definition) is 2. The van der Waals surface area contributed by atoms with Gasteiger partial charge in [-0.3, -0.25) is 9.36 Å². The first-order valence-electron chi connectivity index (χ1n) is 10.9. The number of pyridine rings is 2. The molecule has 2 N–H and O–H groups in total.